The molecule has 2 aromatic carbocycles. The summed E-state index contributed by atoms with van der Waals surface area (Å²) in [6.45, 7) is 2.24. The first kappa shape index (κ1) is 20.2. The molecule has 0 aliphatic carbocycles. The molecular formula is C20H22FNO5. The van der Waals surface area contributed by atoms with Crippen LogP contribution in [0.3, 0.4) is 0 Å². The van der Waals surface area contributed by atoms with Gasteiger partial charge < -0.3 is 19.9 Å². The van der Waals surface area contributed by atoms with Crippen LogP contribution in [-0.2, 0) is 4.79 Å². The minimum atomic E-state index is -1.11. The molecule has 0 radical (unpaired) electrons. The first-order valence-electron chi connectivity index (χ1n) is 8.53. The van der Waals surface area contributed by atoms with Crippen LogP contribution < -0.4 is 14.8 Å². The molecule has 0 spiro atoms. The fourth-order valence-corrected chi connectivity index (χ4v) is 2.48. The van der Waals surface area contributed by atoms with Crippen LogP contribution in [0.2, 0.25) is 0 Å². The summed E-state index contributed by atoms with van der Waals surface area (Å²) in [7, 11) is 1.51. The Labute approximate surface area is 156 Å². The van der Waals surface area contributed by atoms with Crippen LogP contribution in [0, 0.1) is 5.82 Å². The van der Waals surface area contributed by atoms with Crippen LogP contribution in [0.1, 0.15) is 35.2 Å². The zero-order valence-corrected chi connectivity index (χ0v) is 15.2. The number of carbonyl (C=O) groups excluding carboxylic acids is 1. The van der Waals surface area contributed by atoms with E-state index < -0.39 is 23.6 Å². The van der Waals surface area contributed by atoms with Crippen molar-refractivity contribution in [3.8, 4) is 11.5 Å². The zero-order valence-electron chi connectivity index (χ0n) is 15.2. The van der Waals surface area contributed by atoms with Crippen molar-refractivity contribution in [2.45, 2.75) is 19.3 Å². The number of carbonyl (C=O) groups is 2. The van der Waals surface area contributed by atoms with Gasteiger partial charge in [0.1, 0.15) is 17.3 Å². The third-order valence-electron chi connectivity index (χ3n) is 3.93. The fraction of sp³-hybridized carbons (Fsp3) is 0.300. The lowest BCUT2D eigenvalue weighted by Crippen LogP contribution is -2.32. The third kappa shape index (κ3) is 5.44. The van der Waals surface area contributed by atoms with Gasteiger partial charge in [0.05, 0.1) is 25.2 Å². The highest BCUT2D eigenvalue weighted by atomic mass is 19.1. The van der Waals surface area contributed by atoms with E-state index in [-0.39, 0.29) is 12.1 Å². The van der Waals surface area contributed by atoms with Crippen LogP contribution in [0.4, 0.5) is 4.39 Å². The van der Waals surface area contributed by atoms with Crippen molar-refractivity contribution in [3.05, 3.63) is 59.4 Å². The van der Waals surface area contributed by atoms with Crippen LogP contribution in [0.25, 0.3) is 0 Å². The summed E-state index contributed by atoms with van der Waals surface area (Å²) in [5.41, 5.74) is 0.689. The molecule has 2 aromatic rings. The number of halogens is 1. The second-order valence-electron chi connectivity index (χ2n) is 5.86. The molecule has 144 valence electrons. The topological polar surface area (TPSA) is 84.9 Å². The van der Waals surface area contributed by atoms with E-state index in [4.69, 9.17) is 9.47 Å². The van der Waals surface area contributed by atoms with E-state index in [9.17, 15) is 19.1 Å². The van der Waals surface area contributed by atoms with Gasteiger partial charge in [-0.05, 0) is 36.2 Å². The average molecular weight is 375 g/mol. The number of benzene rings is 2. The van der Waals surface area contributed by atoms with Gasteiger partial charge in [0.2, 0.25) is 0 Å². The predicted molar refractivity (Wildman–Crippen MR) is 97.9 cm³/mol. The van der Waals surface area contributed by atoms with Gasteiger partial charge in [-0.15, -0.1) is 0 Å². The molecule has 0 aromatic heterocycles. The number of ether oxygens (including phenoxy) is 2. The molecule has 0 heterocycles. The molecule has 0 saturated carbocycles. The van der Waals surface area contributed by atoms with Crippen LogP contribution in [0.15, 0.2) is 42.5 Å². The van der Waals surface area contributed by atoms with Crippen molar-refractivity contribution in [2.75, 3.05) is 20.3 Å². The predicted octanol–water partition coefficient (Wildman–Crippen LogP) is 3.22. The standard InChI is InChI=1S/C20H22FNO5/c1-3-10-27-18-11-15(26-2)8-9-16(18)19(23)22-12-17(20(24)25)13-4-6-14(21)7-5-13/h4-9,11,17H,3,10,12H2,1-2H3,(H,22,23)(H,24,25). The van der Waals surface area contributed by atoms with Crippen molar-refractivity contribution in [2.24, 2.45) is 0 Å². The summed E-state index contributed by atoms with van der Waals surface area (Å²) >= 11 is 0. The number of nitrogens with one attached hydrogen (secondary N) is 1. The third-order valence-corrected chi connectivity index (χ3v) is 3.93. The van der Waals surface area contributed by atoms with E-state index in [0.29, 0.717) is 23.7 Å². The first-order valence-corrected chi connectivity index (χ1v) is 8.53. The number of amides is 1. The molecule has 1 atom stereocenters. The molecule has 0 bridgehead atoms. The quantitative estimate of drug-likeness (QED) is 0.703. The maximum atomic E-state index is 13.1. The van der Waals surface area contributed by atoms with Crippen molar-refractivity contribution in [3.63, 3.8) is 0 Å². The lowest BCUT2D eigenvalue weighted by Gasteiger charge is -2.16. The SMILES string of the molecule is CCCOc1cc(OC)ccc1C(=O)NCC(C(=O)O)c1ccc(F)cc1. The van der Waals surface area contributed by atoms with Crippen molar-refractivity contribution < 1.29 is 28.6 Å². The molecule has 0 aliphatic rings. The van der Waals surface area contributed by atoms with Crippen LogP contribution in [0.5, 0.6) is 11.5 Å². The number of hydrogen-bond donors (Lipinski definition) is 2. The van der Waals surface area contributed by atoms with Gasteiger partial charge in [0.15, 0.2) is 0 Å². The monoisotopic (exact) mass is 375 g/mol. The smallest absolute Gasteiger partial charge is 0.312 e. The van der Waals surface area contributed by atoms with Crippen LogP contribution in [-0.4, -0.2) is 37.2 Å². The van der Waals surface area contributed by atoms with E-state index in [0.717, 1.165) is 6.42 Å². The molecule has 1 unspecified atom stereocenters. The first-order chi connectivity index (χ1) is 13.0. The zero-order chi connectivity index (χ0) is 19.8. The number of methoxy groups -OCH3 is 1. The molecule has 7 heteroatoms. The van der Waals surface area contributed by atoms with Gasteiger partial charge in [0.25, 0.3) is 5.91 Å². The summed E-state index contributed by atoms with van der Waals surface area (Å²) in [4.78, 5) is 24.1. The molecule has 27 heavy (non-hydrogen) atoms. The molecule has 2 N–H and O–H groups in total. The Hall–Kier alpha value is -3.09. The minimum Gasteiger partial charge on any atom is -0.497 e. The molecular weight excluding hydrogens is 353 g/mol. The Kier molecular flexibility index (Phi) is 7.16. The fourth-order valence-electron chi connectivity index (χ4n) is 2.48. The average Bonchev–Trinajstić information content (AvgIpc) is 2.67. The lowest BCUT2D eigenvalue weighted by molar-refractivity contribution is -0.138. The maximum absolute atomic E-state index is 13.1. The van der Waals surface area contributed by atoms with Gasteiger partial charge in [-0.25, -0.2) is 4.39 Å². The van der Waals surface area contributed by atoms with Crippen LogP contribution >= 0.6 is 0 Å². The Bertz CT molecular complexity index is 791. The number of carboxylic acid groups (broad SMARTS) is 1. The molecule has 0 saturated heterocycles. The molecule has 1 amide bonds. The number of carboxylic acids is 1. The van der Waals surface area contributed by atoms with Gasteiger partial charge in [-0.2, -0.15) is 0 Å². The maximum Gasteiger partial charge on any atom is 0.312 e. The van der Waals surface area contributed by atoms with Gasteiger partial charge in [0, 0.05) is 12.6 Å². The summed E-state index contributed by atoms with van der Waals surface area (Å²) in [6, 6.07) is 9.96. The highest BCUT2D eigenvalue weighted by molar-refractivity contribution is 5.97. The number of hydrogen-bond acceptors (Lipinski definition) is 4. The molecule has 0 aliphatic heterocycles. The Balaban J connectivity index is 2.15. The lowest BCUT2D eigenvalue weighted by atomic mass is 9.99. The van der Waals surface area contributed by atoms with E-state index >= 15 is 0 Å². The Morgan fingerprint density at radius 3 is 2.48 bits per heavy atom. The molecule has 2 rings (SSSR count). The van der Waals surface area contributed by atoms with Gasteiger partial charge >= 0.3 is 5.97 Å². The van der Waals surface area contributed by atoms with Crippen molar-refractivity contribution in [1.82, 2.24) is 5.32 Å². The summed E-state index contributed by atoms with van der Waals surface area (Å²) in [6.07, 6.45) is 0.768. The summed E-state index contributed by atoms with van der Waals surface area (Å²) in [5, 5.41) is 12.0. The summed E-state index contributed by atoms with van der Waals surface area (Å²) < 4.78 is 23.8. The van der Waals surface area contributed by atoms with E-state index in [1.807, 2.05) is 6.92 Å². The summed E-state index contributed by atoms with van der Waals surface area (Å²) in [5.74, 6) is -2.11. The second-order valence-corrected chi connectivity index (χ2v) is 5.86. The molecule has 0 fully saturated rings. The van der Waals surface area contributed by atoms with Crippen molar-refractivity contribution >= 4 is 11.9 Å². The van der Waals surface area contributed by atoms with E-state index in [2.05, 4.69) is 5.32 Å². The van der Waals surface area contributed by atoms with Gasteiger partial charge in [-0.1, -0.05) is 19.1 Å². The Morgan fingerprint density at radius 2 is 1.89 bits per heavy atom. The minimum absolute atomic E-state index is 0.140. The number of aliphatic carboxylic acids is 1. The van der Waals surface area contributed by atoms with Gasteiger partial charge in [-0.3, -0.25) is 9.59 Å². The second kappa shape index (κ2) is 9.56. The number of rotatable bonds is 9. The largest absolute Gasteiger partial charge is 0.497 e. The molecule has 6 nitrogen and oxygen atoms in total. The van der Waals surface area contributed by atoms with E-state index in [1.165, 1.54) is 31.4 Å². The highest BCUT2D eigenvalue weighted by Gasteiger charge is 2.22. The Morgan fingerprint density at radius 1 is 1.19 bits per heavy atom. The van der Waals surface area contributed by atoms with Crippen molar-refractivity contribution in [1.29, 1.82) is 0 Å². The normalized spacial score (nSPS) is 11.5. The highest BCUT2D eigenvalue weighted by Crippen LogP contribution is 2.25. The van der Waals surface area contributed by atoms with E-state index in [1.54, 1.807) is 18.2 Å².